The van der Waals surface area contributed by atoms with Crippen molar-refractivity contribution in [3.63, 3.8) is 0 Å². The summed E-state index contributed by atoms with van der Waals surface area (Å²) in [5, 5.41) is 0. The Balaban J connectivity index is 2.20. The number of methoxy groups -OCH3 is 1. The molecule has 1 fully saturated rings. The SMILES string of the molecule is COc1c(N)cc(S(=O)(=O)NCC2(C)CCCO2)cc1F. The summed E-state index contributed by atoms with van der Waals surface area (Å²) < 4.78 is 50.9. The number of benzene rings is 1. The number of sulfonamides is 1. The molecule has 1 heterocycles. The Morgan fingerprint density at radius 2 is 2.24 bits per heavy atom. The summed E-state index contributed by atoms with van der Waals surface area (Å²) in [6.45, 7) is 2.58. The van der Waals surface area contributed by atoms with Crippen molar-refractivity contribution in [1.29, 1.82) is 0 Å². The van der Waals surface area contributed by atoms with Crippen molar-refractivity contribution in [3.05, 3.63) is 17.9 Å². The third-order valence-corrected chi connectivity index (χ3v) is 4.88. The second-order valence-electron chi connectivity index (χ2n) is 5.25. The summed E-state index contributed by atoms with van der Waals surface area (Å²) in [4.78, 5) is -0.236. The number of hydrogen-bond acceptors (Lipinski definition) is 5. The Morgan fingerprint density at radius 1 is 1.52 bits per heavy atom. The molecule has 0 saturated carbocycles. The molecule has 1 aliphatic heterocycles. The summed E-state index contributed by atoms with van der Waals surface area (Å²) in [7, 11) is -2.60. The van der Waals surface area contributed by atoms with Crippen LogP contribution in [0.3, 0.4) is 0 Å². The highest BCUT2D eigenvalue weighted by Crippen LogP contribution is 2.29. The van der Waals surface area contributed by atoms with E-state index < -0.39 is 21.4 Å². The molecule has 0 aromatic heterocycles. The van der Waals surface area contributed by atoms with Crippen LogP contribution in [0.1, 0.15) is 19.8 Å². The van der Waals surface area contributed by atoms with Crippen molar-refractivity contribution >= 4 is 15.7 Å². The normalized spacial score (nSPS) is 22.4. The molecule has 0 spiro atoms. The molecule has 0 radical (unpaired) electrons. The summed E-state index contributed by atoms with van der Waals surface area (Å²) in [6.07, 6.45) is 1.66. The Hall–Kier alpha value is -1.38. The summed E-state index contributed by atoms with van der Waals surface area (Å²) in [6, 6.07) is 2.05. The molecule has 3 N–H and O–H groups in total. The molecule has 1 unspecified atom stereocenters. The first-order valence-electron chi connectivity index (χ1n) is 6.54. The molecule has 6 nitrogen and oxygen atoms in total. The van der Waals surface area contributed by atoms with Crippen LogP contribution >= 0.6 is 0 Å². The van der Waals surface area contributed by atoms with Crippen LogP contribution in [0.2, 0.25) is 0 Å². The molecule has 1 atom stereocenters. The maximum atomic E-state index is 13.7. The van der Waals surface area contributed by atoms with E-state index in [9.17, 15) is 12.8 Å². The molecule has 1 aliphatic rings. The van der Waals surface area contributed by atoms with Crippen molar-refractivity contribution in [3.8, 4) is 5.75 Å². The van der Waals surface area contributed by atoms with Gasteiger partial charge in [0.1, 0.15) is 0 Å². The fourth-order valence-electron chi connectivity index (χ4n) is 2.27. The molecule has 0 aliphatic carbocycles. The first kappa shape index (κ1) is 16.0. The summed E-state index contributed by atoms with van der Waals surface area (Å²) in [5.41, 5.74) is 5.00. The highest BCUT2D eigenvalue weighted by Gasteiger charge is 2.31. The largest absolute Gasteiger partial charge is 0.492 e. The van der Waals surface area contributed by atoms with Gasteiger partial charge in [-0.3, -0.25) is 0 Å². The molecule has 2 rings (SSSR count). The summed E-state index contributed by atoms with van der Waals surface area (Å²) in [5.74, 6) is -0.985. The maximum Gasteiger partial charge on any atom is 0.240 e. The number of rotatable bonds is 5. The second kappa shape index (κ2) is 5.78. The maximum absolute atomic E-state index is 13.7. The van der Waals surface area contributed by atoms with Crippen LogP contribution < -0.4 is 15.2 Å². The van der Waals surface area contributed by atoms with Crippen LogP contribution in [0.25, 0.3) is 0 Å². The average Bonchev–Trinajstić information content (AvgIpc) is 2.84. The van der Waals surface area contributed by atoms with E-state index in [4.69, 9.17) is 15.2 Å². The Morgan fingerprint density at radius 3 is 2.76 bits per heavy atom. The lowest BCUT2D eigenvalue weighted by Crippen LogP contribution is -2.40. The van der Waals surface area contributed by atoms with E-state index >= 15 is 0 Å². The average molecular weight is 318 g/mol. The fourth-order valence-corrected chi connectivity index (χ4v) is 3.47. The first-order valence-corrected chi connectivity index (χ1v) is 8.02. The Bertz CT molecular complexity index is 604. The predicted octanol–water partition coefficient (Wildman–Crippen LogP) is 1.26. The molecule has 1 saturated heterocycles. The zero-order valence-electron chi connectivity index (χ0n) is 12.0. The number of nitrogen functional groups attached to an aromatic ring is 1. The van der Waals surface area contributed by atoms with E-state index in [2.05, 4.69) is 4.72 Å². The Kier molecular flexibility index (Phi) is 4.40. The van der Waals surface area contributed by atoms with Gasteiger partial charge in [0.2, 0.25) is 10.0 Å². The van der Waals surface area contributed by atoms with Gasteiger partial charge in [-0.1, -0.05) is 0 Å². The van der Waals surface area contributed by atoms with Gasteiger partial charge in [0.05, 0.1) is 23.3 Å². The number of halogens is 1. The highest BCUT2D eigenvalue weighted by molar-refractivity contribution is 7.89. The van der Waals surface area contributed by atoms with Crippen LogP contribution in [0.15, 0.2) is 17.0 Å². The van der Waals surface area contributed by atoms with Crippen molar-refractivity contribution < 1.29 is 22.3 Å². The topological polar surface area (TPSA) is 90.7 Å². The summed E-state index contributed by atoms with van der Waals surface area (Å²) >= 11 is 0. The molecule has 21 heavy (non-hydrogen) atoms. The van der Waals surface area contributed by atoms with E-state index in [1.54, 1.807) is 0 Å². The van der Waals surface area contributed by atoms with Gasteiger partial charge < -0.3 is 15.2 Å². The van der Waals surface area contributed by atoms with Gasteiger partial charge in [-0.25, -0.2) is 17.5 Å². The van der Waals surface area contributed by atoms with Gasteiger partial charge in [0, 0.05) is 13.2 Å². The monoisotopic (exact) mass is 318 g/mol. The quantitative estimate of drug-likeness (QED) is 0.798. The fraction of sp³-hybridized carbons (Fsp3) is 0.538. The van der Waals surface area contributed by atoms with Gasteiger partial charge in [-0.05, 0) is 31.9 Å². The zero-order valence-corrected chi connectivity index (χ0v) is 12.8. The smallest absolute Gasteiger partial charge is 0.240 e. The lowest BCUT2D eigenvalue weighted by atomic mass is 10.0. The standard InChI is InChI=1S/C13H19FN2O4S/c1-13(4-3-5-20-13)8-16-21(17,18)9-6-10(14)12(19-2)11(15)7-9/h6-7,16H,3-5,8,15H2,1-2H3. The minimum Gasteiger partial charge on any atom is -0.492 e. The van der Waals surface area contributed by atoms with Crippen LogP contribution in [-0.4, -0.2) is 34.3 Å². The predicted molar refractivity (Wildman–Crippen MR) is 76.1 cm³/mol. The lowest BCUT2D eigenvalue weighted by molar-refractivity contribution is 0.0250. The number of nitrogens with one attached hydrogen (secondary N) is 1. The van der Waals surface area contributed by atoms with Gasteiger partial charge in [-0.2, -0.15) is 0 Å². The van der Waals surface area contributed by atoms with Gasteiger partial charge in [-0.15, -0.1) is 0 Å². The molecular weight excluding hydrogens is 299 g/mol. The van der Waals surface area contributed by atoms with Crippen molar-refractivity contribution in [2.75, 3.05) is 26.0 Å². The van der Waals surface area contributed by atoms with Crippen molar-refractivity contribution in [2.45, 2.75) is 30.3 Å². The van der Waals surface area contributed by atoms with Gasteiger partial charge >= 0.3 is 0 Å². The molecular formula is C13H19FN2O4S. The van der Waals surface area contributed by atoms with E-state index in [0.29, 0.717) is 6.61 Å². The second-order valence-corrected chi connectivity index (χ2v) is 7.02. The van der Waals surface area contributed by atoms with Gasteiger partial charge in [0.15, 0.2) is 11.6 Å². The van der Waals surface area contributed by atoms with Crippen LogP contribution in [0.5, 0.6) is 5.75 Å². The lowest BCUT2D eigenvalue weighted by Gasteiger charge is -2.23. The number of ether oxygens (including phenoxy) is 2. The van der Waals surface area contributed by atoms with Crippen LogP contribution in [0.4, 0.5) is 10.1 Å². The molecule has 118 valence electrons. The van der Waals surface area contributed by atoms with E-state index in [1.807, 2.05) is 6.92 Å². The minimum absolute atomic E-state index is 0.0683. The zero-order chi connectivity index (χ0) is 15.7. The molecule has 8 heteroatoms. The van der Waals surface area contributed by atoms with E-state index in [-0.39, 0.29) is 22.9 Å². The molecule has 0 bridgehead atoms. The van der Waals surface area contributed by atoms with Crippen molar-refractivity contribution in [1.82, 2.24) is 4.72 Å². The third kappa shape index (κ3) is 3.45. The number of nitrogens with two attached hydrogens (primary N) is 1. The van der Waals surface area contributed by atoms with E-state index in [1.165, 1.54) is 13.2 Å². The van der Waals surface area contributed by atoms with E-state index in [0.717, 1.165) is 18.9 Å². The van der Waals surface area contributed by atoms with Gasteiger partial charge in [0.25, 0.3) is 0 Å². The van der Waals surface area contributed by atoms with Crippen LogP contribution in [-0.2, 0) is 14.8 Å². The Labute approximate surface area is 123 Å². The molecule has 1 aromatic carbocycles. The number of anilines is 1. The minimum atomic E-state index is -3.86. The third-order valence-electron chi connectivity index (χ3n) is 3.50. The van der Waals surface area contributed by atoms with Crippen LogP contribution in [0, 0.1) is 5.82 Å². The van der Waals surface area contributed by atoms with Crippen molar-refractivity contribution in [2.24, 2.45) is 0 Å². The molecule has 0 amide bonds. The molecule has 1 aromatic rings. The highest BCUT2D eigenvalue weighted by atomic mass is 32.2. The first-order chi connectivity index (χ1) is 9.77. The number of hydrogen-bond donors (Lipinski definition) is 2.